The Morgan fingerprint density at radius 1 is 1.50 bits per heavy atom. The highest BCUT2D eigenvalue weighted by Crippen LogP contribution is 2.20. The summed E-state index contributed by atoms with van der Waals surface area (Å²) in [5, 5.41) is 8.90. The first-order valence-electron chi connectivity index (χ1n) is 5.03. The lowest BCUT2D eigenvalue weighted by Gasteiger charge is -2.08. The fourth-order valence-corrected chi connectivity index (χ4v) is 1.98. The Morgan fingerprint density at radius 3 is 2.69 bits per heavy atom. The van der Waals surface area contributed by atoms with Crippen molar-refractivity contribution in [2.75, 3.05) is 6.61 Å². The molecule has 0 aliphatic carbocycles. The van der Waals surface area contributed by atoms with Gasteiger partial charge in [0.2, 0.25) is 0 Å². The molecule has 0 aliphatic heterocycles. The third-order valence-corrected chi connectivity index (χ3v) is 3.08. The third-order valence-electron chi connectivity index (χ3n) is 2.19. The number of hydrogen-bond donors (Lipinski definition) is 0. The topological polar surface area (TPSA) is 50.1 Å². The van der Waals surface area contributed by atoms with E-state index in [-0.39, 0.29) is 5.97 Å². The Bertz CT molecular complexity index is 449. The highest BCUT2D eigenvalue weighted by atomic mass is 127. The van der Waals surface area contributed by atoms with Gasteiger partial charge in [0.1, 0.15) is 6.07 Å². The van der Waals surface area contributed by atoms with Gasteiger partial charge in [0.05, 0.1) is 17.7 Å². The quantitative estimate of drug-likeness (QED) is 0.633. The predicted octanol–water partition coefficient (Wildman–Crippen LogP) is 2.90. The van der Waals surface area contributed by atoms with Crippen LogP contribution in [0.1, 0.15) is 35.3 Å². The van der Waals surface area contributed by atoms with Crippen molar-refractivity contribution in [1.29, 1.82) is 5.26 Å². The number of halogens is 1. The van der Waals surface area contributed by atoms with Crippen LogP contribution < -0.4 is 0 Å². The standard InChI is InChI=1S/C12H12INO2/c1-3-8-5-9(7-14)11(13)6-10(8)12(15)16-4-2/h5-6H,3-4H2,1-2H3. The predicted molar refractivity (Wildman–Crippen MR) is 69.2 cm³/mol. The molecule has 3 nitrogen and oxygen atoms in total. The number of hydrogen-bond acceptors (Lipinski definition) is 3. The minimum atomic E-state index is -0.318. The smallest absolute Gasteiger partial charge is 0.338 e. The second kappa shape index (κ2) is 5.85. The second-order valence-electron chi connectivity index (χ2n) is 3.18. The maximum atomic E-state index is 11.7. The summed E-state index contributed by atoms with van der Waals surface area (Å²) in [6.45, 7) is 4.09. The van der Waals surface area contributed by atoms with Crippen molar-refractivity contribution in [1.82, 2.24) is 0 Å². The number of nitriles is 1. The SMILES string of the molecule is CCOC(=O)c1cc(I)c(C#N)cc1CC. The van der Waals surface area contributed by atoms with Gasteiger partial charge in [-0.1, -0.05) is 6.92 Å². The number of rotatable bonds is 3. The highest BCUT2D eigenvalue weighted by Gasteiger charge is 2.14. The zero-order chi connectivity index (χ0) is 12.1. The number of esters is 1. The van der Waals surface area contributed by atoms with Crippen LogP contribution in [0.5, 0.6) is 0 Å². The molecule has 0 amide bonds. The molecule has 0 atom stereocenters. The van der Waals surface area contributed by atoms with Crippen LogP contribution in [0.3, 0.4) is 0 Å². The number of aryl methyl sites for hydroxylation is 1. The monoisotopic (exact) mass is 329 g/mol. The molecule has 0 bridgehead atoms. The van der Waals surface area contributed by atoms with Crippen LogP contribution in [0, 0.1) is 14.9 Å². The van der Waals surface area contributed by atoms with Crippen LogP contribution in [0.4, 0.5) is 0 Å². The lowest BCUT2D eigenvalue weighted by Crippen LogP contribution is -2.09. The molecule has 0 spiro atoms. The molecule has 0 radical (unpaired) electrons. The zero-order valence-corrected chi connectivity index (χ0v) is 11.4. The third kappa shape index (κ3) is 2.73. The first-order chi connectivity index (χ1) is 7.63. The Kier molecular flexibility index (Phi) is 4.74. The Balaban J connectivity index is 3.24. The molecule has 0 saturated carbocycles. The first kappa shape index (κ1) is 13.0. The number of benzene rings is 1. The Morgan fingerprint density at radius 2 is 2.19 bits per heavy atom. The molecule has 0 aromatic heterocycles. The van der Waals surface area contributed by atoms with Crippen molar-refractivity contribution in [2.45, 2.75) is 20.3 Å². The summed E-state index contributed by atoms with van der Waals surface area (Å²) < 4.78 is 5.75. The maximum Gasteiger partial charge on any atom is 0.338 e. The van der Waals surface area contributed by atoms with Crippen molar-refractivity contribution < 1.29 is 9.53 Å². The summed E-state index contributed by atoms with van der Waals surface area (Å²) in [5.74, 6) is -0.318. The van der Waals surface area contributed by atoms with Crippen molar-refractivity contribution in [3.05, 3.63) is 32.4 Å². The van der Waals surface area contributed by atoms with Crippen LogP contribution in [0.15, 0.2) is 12.1 Å². The van der Waals surface area contributed by atoms with Gasteiger partial charge >= 0.3 is 5.97 Å². The van der Waals surface area contributed by atoms with Crippen LogP contribution in [0.2, 0.25) is 0 Å². The average molecular weight is 329 g/mol. The molecule has 0 heterocycles. The van der Waals surface area contributed by atoms with Gasteiger partial charge in [-0.3, -0.25) is 0 Å². The summed E-state index contributed by atoms with van der Waals surface area (Å²) in [6, 6.07) is 5.58. The number of nitrogens with zero attached hydrogens (tertiary/aromatic N) is 1. The van der Waals surface area contributed by atoms with Crippen LogP contribution in [-0.2, 0) is 11.2 Å². The van der Waals surface area contributed by atoms with E-state index < -0.39 is 0 Å². The van der Waals surface area contributed by atoms with Gasteiger partial charge in [-0.2, -0.15) is 5.26 Å². The molecule has 84 valence electrons. The maximum absolute atomic E-state index is 11.7. The minimum absolute atomic E-state index is 0.318. The van der Waals surface area contributed by atoms with E-state index in [0.29, 0.717) is 24.2 Å². The number of carbonyl (C=O) groups excluding carboxylic acids is 1. The lowest BCUT2D eigenvalue weighted by atomic mass is 10.0. The van der Waals surface area contributed by atoms with Gasteiger partial charge < -0.3 is 4.74 Å². The molecule has 4 heteroatoms. The van der Waals surface area contributed by atoms with Gasteiger partial charge in [-0.05, 0) is 53.6 Å². The molecule has 0 N–H and O–H groups in total. The van der Waals surface area contributed by atoms with Crippen LogP contribution in [-0.4, -0.2) is 12.6 Å². The molecular weight excluding hydrogens is 317 g/mol. The van der Waals surface area contributed by atoms with E-state index in [1.54, 1.807) is 19.1 Å². The molecule has 1 aromatic rings. The molecule has 0 unspecified atom stereocenters. The largest absolute Gasteiger partial charge is 0.462 e. The van der Waals surface area contributed by atoms with Crippen LogP contribution >= 0.6 is 22.6 Å². The van der Waals surface area contributed by atoms with Crippen LogP contribution in [0.25, 0.3) is 0 Å². The molecule has 0 fully saturated rings. The van der Waals surface area contributed by atoms with Crippen molar-refractivity contribution in [3.63, 3.8) is 0 Å². The second-order valence-corrected chi connectivity index (χ2v) is 4.34. The zero-order valence-electron chi connectivity index (χ0n) is 9.21. The van der Waals surface area contributed by atoms with E-state index in [1.807, 2.05) is 6.92 Å². The van der Waals surface area contributed by atoms with E-state index in [2.05, 4.69) is 28.7 Å². The van der Waals surface area contributed by atoms with Gasteiger partial charge in [0.25, 0.3) is 0 Å². The minimum Gasteiger partial charge on any atom is -0.462 e. The molecule has 0 saturated heterocycles. The summed E-state index contributed by atoms with van der Waals surface area (Å²) in [4.78, 5) is 11.7. The Hall–Kier alpha value is -1.09. The highest BCUT2D eigenvalue weighted by molar-refractivity contribution is 14.1. The lowest BCUT2D eigenvalue weighted by molar-refractivity contribution is 0.0525. The number of ether oxygens (including phenoxy) is 1. The van der Waals surface area contributed by atoms with Crippen molar-refractivity contribution in [2.24, 2.45) is 0 Å². The molecule has 16 heavy (non-hydrogen) atoms. The molecule has 1 rings (SSSR count). The fraction of sp³-hybridized carbons (Fsp3) is 0.333. The summed E-state index contributed by atoms with van der Waals surface area (Å²) in [6.07, 6.45) is 0.708. The van der Waals surface area contributed by atoms with E-state index in [4.69, 9.17) is 10.00 Å². The summed E-state index contributed by atoms with van der Waals surface area (Å²) in [5.41, 5.74) is 2.02. The van der Waals surface area contributed by atoms with E-state index in [0.717, 1.165) is 9.13 Å². The Labute approximate surface area is 109 Å². The summed E-state index contributed by atoms with van der Waals surface area (Å²) >= 11 is 2.05. The van der Waals surface area contributed by atoms with E-state index >= 15 is 0 Å². The van der Waals surface area contributed by atoms with Gasteiger partial charge in [0.15, 0.2) is 0 Å². The molecular formula is C12H12INO2. The molecule has 1 aromatic carbocycles. The van der Waals surface area contributed by atoms with E-state index in [1.165, 1.54) is 0 Å². The van der Waals surface area contributed by atoms with Gasteiger partial charge in [-0.15, -0.1) is 0 Å². The van der Waals surface area contributed by atoms with Crippen molar-refractivity contribution in [3.8, 4) is 6.07 Å². The van der Waals surface area contributed by atoms with Gasteiger partial charge in [0, 0.05) is 3.57 Å². The normalized spacial score (nSPS) is 9.62. The van der Waals surface area contributed by atoms with Gasteiger partial charge in [-0.25, -0.2) is 4.79 Å². The average Bonchev–Trinajstić information content (AvgIpc) is 2.29. The number of carbonyl (C=O) groups is 1. The van der Waals surface area contributed by atoms with E-state index in [9.17, 15) is 4.79 Å². The van der Waals surface area contributed by atoms with Crippen molar-refractivity contribution >= 4 is 28.6 Å². The fourth-order valence-electron chi connectivity index (χ4n) is 1.40. The first-order valence-corrected chi connectivity index (χ1v) is 6.11. The molecule has 0 aliphatic rings. The summed E-state index contributed by atoms with van der Waals surface area (Å²) in [7, 11) is 0.